The number of nitrogens with zero attached hydrogens (tertiary/aromatic N) is 5. The molecule has 28 heavy (non-hydrogen) atoms. The molecule has 1 aromatic carbocycles. The second-order valence-electron chi connectivity index (χ2n) is 7.44. The van der Waals surface area contributed by atoms with Crippen LogP contribution in [0, 0.1) is 6.92 Å². The number of hydrogen-bond acceptors (Lipinski definition) is 7. The van der Waals surface area contributed by atoms with Crippen LogP contribution in [0.4, 0.5) is 17.5 Å². The highest BCUT2D eigenvalue weighted by Gasteiger charge is 2.19. The Morgan fingerprint density at radius 1 is 1.00 bits per heavy atom. The topological polar surface area (TPSA) is 56.8 Å². The third-order valence-corrected chi connectivity index (χ3v) is 5.41. The van der Waals surface area contributed by atoms with Gasteiger partial charge in [0.05, 0.1) is 13.2 Å². The van der Waals surface area contributed by atoms with Gasteiger partial charge in [-0.15, -0.1) is 0 Å². The van der Waals surface area contributed by atoms with Crippen LogP contribution >= 0.6 is 0 Å². The van der Waals surface area contributed by atoms with Crippen LogP contribution in [0.3, 0.4) is 0 Å². The van der Waals surface area contributed by atoms with Crippen molar-refractivity contribution >= 4 is 17.5 Å². The number of piperazine rings is 1. The van der Waals surface area contributed by atoms with Gasteiger partial charge in [0.25, 0.3) is 0 Å². The van der Waals surface area contributed by atoms with Crippen molar-refractivity contribution in [3.8, 4) is 0 Å². The molecular weight excluding hydrogens is 352 g/mol. The molecule has 1 N–H and O–H groups in total. The van der Waals surface area contributed by atoms with Crippen LogP contribution in [0.2, 0.25) is 0 Å². The fourth-order valence-corrected chi connectivity index (χ4v) is 3.76. The zero-order valence-electron chi connectivity index (χ0n) is 16.7. The first kappa shape index (κ1) is 19.0. The van der Waals surface area contributed by atoms with Gasteiger partial charge in [0.15, 0.2) is 0 Å². The van der Waals surface area contributed by atoms with Gasteiger partial charge >= 0.3 is 0 Å². The molecule has 0 bridgehead atoms. The van der Waals surface area contributed by atoms with E-state index >= 15 is 0 Å². The van der Waals surface area contributed by atoms with Gasteiger partial charge in [-0.05, 0) is 30.7 Å². The molecule has 150 valence electrons. The molecule has 7 nitrogen and oxygen atoms in total. The van der Waals surface area contributed by atoms with Gasteiger partial charge in [0.2, 0.25) is 5.95 Å². The first-order chi connectivity index (χ1) is 13.8. The lowest BCUT2D eigenvalue weighted by Gasteiger charge is -2.36. The minimum Gasteiger partial charge on any atom is -0.379 e. The maximum absolute atomic E-state index is 5.40. The molecule has 0 saturated carbocycles. The van der Waals surface area contributed by atoms with Crippen molar-refractivity contribution in [3.63, 3.8) is 0 Å². The van der Waals surface area contributed by atoms with E-state index in [-0.39, 0.29) is 0 Å². The van der Waals surface area contributed by atoms with Crippen molar-refractivity contribution in [1.29, 1.82) is 0 Å². The Morgan fingerprint density at radius 2 is 1.79 bits per heavy atom. The van der Waals surface area contributed by atoms with Crippen LogP contribution in [0.5, 0.6) is 0 Å². The summed E-state index contributed by atoms with van der Waals surface area (Å²) in [7, 11) is 0. The Hall–Kier alpha value is -2.38. The summed E-state index contributed by atoms with van der Waals surface area (Å²) < 4.78 is 5.40. The summed E-state index contributed by atoms with van der Waals surface area (Å²) >= 11 is 0. The van der Waals surface area contributed by atoms with E-state index in [9.17, 15) is 0 Å². The van der Waals surface area contributed by atoms with Gasteiger partial charge in [-0.3, -0.25) is 4.90 Å². The number of hydrogen-bond donors (Lipinski definition) is 1. The van der Waals surface area contributed by atoms with Crippen LogP contribution in [0.25, 0.3) is 0 Å². The summed E-state index contributed by atoms with van der Waals surface area (Å²) in [6.45, 7) is 11.6. The van der Waals surface area contributed by atoms with Crippen molar-refractivity contribution in [2.75, 3.05) is 80.7 Å². The molecule has 2 saturated heterocycles. The summed E-state index contributed by atoms with van der Waals surface area (Å²) in [5.74, 6) is 1.72. The molecule has 2 aromatic rings. The van der Waals surface area contributed by atoms with Crippen molar-refractivity contribution in [1.82, 2.24) is 14.9 Å². The highest BCUT2D eigenvalue weighted by molar-refractivity contribution is 5.50. The average Bonchev–Trinajstić information content (AvgIpc) is 2.75. The number of aromatic nitrogens is 2. The van der Waals surface area contributed by atoms with Gasteiger partial charge in [0.1, 0.15) is 5.82 Å². The number of rotatable bonds is 6. The molecular formula is C21H30N6O. The third kappa shape index (κ3) is 4.91. The zero-order chi connectivity index (χ0) is 19.2. The molecule has 0 spiro atoms. The lowest BCUT2D eigenvalue weighted by atomic mass is 10.2. The van der Waals surface area contributed by atoms with E-state index in [1.54, 1.807) is 0 Å². The molecule has 0 unspecified atom stereocenters. The molecule has 4 rings (SSSR count). The van der Waals surface area contributed by atoms with E-state index < -0.39 is 0 Å². The number of nitrogens with one attached hydrogen (secondary N) is 1. The maximum Gasteiger partial charge on any atom is 0.227 e. The second kappa shape index (κ2) is 9.21. The van der Waals surface area contributed by atoms with Crippen LogP contribution in [0.15, 0.2) is 36.5 Å². The molecule has 7 heteroatoms. The number of anilines is 3. The Morgan fingerprint density at radius 3 is 2.57 bits per heavy atom. The standard InChI is InChI=1S/C21H30N6O/c1-18-3-2-4-19(17-18)26-9-11-27(12-10-26)21-23-6-5-20(24-21)22-7-8-25-13-15-28-16-14-25/h2-6,17H,7-16H2,1H3,(H,22,23,24). The Labute approximate surface area is 167 Å². The van der Waals surface area contributed by atoms with Crippen LogP contribution < -0.4 is 15.1 Å². The van der Waals surface area contributed by atoms with E-state index in [2.05, 4.69) is 56.2 Å². The van der Waals surface area contributed by atoms with Gasteiger partial charge in [-0.1, -0.05) is 12.1 Å². The Bertz CT molecular complexity index is 756. The van der Waals surface area contributed by atoms with Crippen molar-refractivity contribution in [2.24, 2.45) is 0 Å². The molecule has 3 heterocycles. The Balaban J connectivity index is 1.28. The highest BCUT2D eigenvalue weighted by atomic mass is 16.5. The molecule has 2 aliphatic rings. The Kier molecular flexibility index (Phi) is 6.24. The molecule has 0 amide bonds. The molecule has 2 aliphatic heterocycles. The number of morpholine rings is 1. The lowest BCUT2D eigenvalue weighted by molar-refractivity contribution is 0.0398. The fraction of sp³-hybridized carbons (Fsp3) is 0.524. The second-order valence-corrected chi connectivity index (χ2v) is 7.44. The van der Waals surface area contributed by atoms with Crippen LogP contribution in [0.1, 0.15) is 5.56 Å². The minimum absolute atomic E-state index is 0.820. The predicted molar refractivity (Wildman–Crippen MR) is 113 cm³/mol. The van der Waals surface area contributed by atoms with Crippen molar-refractivity contribution in [3.05, 3.63) is 42.1 Å². The van der Waals surface area contributed by atoms with Crippen molar-refractivity contribution < 1.29 is 4.74 Å². The zero-order valence-corrected chi connectivity index (χ0v) is 16.7. The first-order valence-electron chi connectivity index (χ1n) is 10.2. The third-order valence-electron chi connectivity index (χ3n) is 5.41. The predicted octanol–water partition coefficient (Wildman–Crippen LogP) is 1.86. The minimum atomic E-state index is 0.820. The van der Waals surface area contributed by atoms with E-state index in [1.807, 2.05) is 12.3 Å². The average molecular weight is 383 g/mol. The maximum atomic E-state index is 5.40. The smallest absolute Gasteiger partial charge is 0.227 e. The molecule has 1 aromatic heterocycles. The van der Waals surface area contributed by atoms with Gasteiger partial charge in [-0.25, -0.2) is 4.98 Å². The van der Waals surface area contributed by atoms with E-state index in [0.717, 1.165) is 77.3 Å². The quantitative estimate of drug-likeness (QED) is 0.818. The van der Waals surface area contributed by atoms with E-state index in [0.29, 0.717) is 0 Å². The number of aryl methyl sites for hydroxylation is 1. The normalized spacial score (nSPS) is 18.3. The fourth-order valence-electron chi connectivity index (χ4n) is 3.76. The van der Waals surface area contributed by atoms with Crippen LogP contribution in [-0.4, -0.2) is 80.4 Å². The molecule has 0 aliphatic carbocycles. The summed E-state index contributed by atoms with van der Waals surface area (Å²) in [5, 5.41) is 3.44. The summed E-state index contributed by atoms with van der Waals surface area (Å²) in [5.41, 5.74) is 2.61. The van der Waals surface area contributed by atoms with Gasteiger partial charge in [0, 0.05) is 64.2 Å². The first-order valence-corrected chi connectivity index (χ1v) is 10.2. The monoisotopic (exact) mass is 382 g/mol. The SMILES string of the molecule is Cc1cccc(N2CCN(c3nccc(NCCN4CCOCC4)n3)CC2)c1. The van der Waals surface area contributed by atoms with Gasteiger partial charge in [-0.2, -0.15) is 4.98 Å². The van der Waals surface area contributed by atoms with E-state index in [4.69, 9.17) is 9.72 Å². The summed E-state index contributed by atoms with van der Waals surface area (Å²) in [6.07, 6.45) is 1.85. The number of benzene rings is 1. The summed E-state index contributed by atoms with van der Waals surface area (Å²) in [4.78, 5) is 16.4. The summed E-state index contributed by atoms with van der Waals surface area (Å²) in [6, 6.07) is 10.7. The molecule has 2 fully saturated rings. The molecule has 0 atom stereocenters. The largest absolute Gasteiger partial charge is 0.379 e. The van der Waals surface area contributed by atoms with E-state index in [1.165, 1.54) is 11.3 Å². The van der Waals surface area contributed by atoms with Crippen LogP contribution in [-0.2, 0) is 4.74 Å². The lowest BCUT2D eigenvalue weighted by Crippen LogP contribution is -2.47. The van der Waals surface area contributed by atoms with Gasteiger partial charge < -0.3 is 19.9 Å². The molecule has 0 radical (unpaired) electrons. The van der Waals surface area contributed by atoms with Crippen molar-refractivity contribution in [2.45, 2.75) is 6.92 Å². The highest BCUT2D eigenvalue weighted by Crippen LogP contribution is 2.20. The number of ether oxygens (including phenoxy) is 1.